The molecule has 0 saturated carbocycles. The minimum Gasteiger partial charge on any atom is -0.379 e. The number of benzene rings is 2. The number of carbonyl (C=O) groups is 1. The van der Waals surface area contributed by atoms with E-state index < -0.39 is 10.0 Å². The average Bonchev–Trinajstić information content (AvgIpc) is 2.67. The Bertz CT molecular complexity index is 954. The van der Waals surface area contributed by atoms with Crippen LogP contribution in [0.5, 0.6) is 0 Å². The van der Waals surface area contributed by atoms with Crippen molar-refractivity contribution in [3.05, 3.63) is 64.6 Å². The number of halogens is 1. The molecule has 0 bridgehead atoms. The Morgan fingerprint density at radius 3 is 2.59 bits per heavy atom. The summed E-state index contributed by atoms with van der Waals surface area (Å²) in [4.78, 5) is 12.3. The zero-order valence-corrected chi connectivity index (χ0v) is 16.9. The van der Waals surface area contributed by atoms with Gasteiger partial charge in [-0.3, -0.25) is 4.79 Å². The van der Waals surface area contributed by atoms with Crippen LogP contribution >= 0.6 is 15.9 Å². The fourth-order valence-corrected chi connectivity index (χ4v) is 4.51. The summed E-state index contributed by atoms with van der Waals surface area (Å²) >= 11 is 3.38. The van der Waals surface area contributed by atoms with Gasteiger partial charge in [0.2, 0.25) is 15.9 Å². The van der Waals surface area contributed by atoms with E-state index in [1.54, 1.807) is 18.2 Å². The molecule has 1 heterocycles. The van der Waals surface area contributed by atoms with Crippen LogP contribution in [0.15, 0.2) is 64.0 Å². The molecule has 0 aromatic heterocycles. The van der Waals surface area contributed by atoms with Gasteiger partial charge >= 0.3 is 0 Å². The van der Waals surface area contributed by atoms with Gasteiger partial charge in [-0.25, -0.2) is 8.42 Å². The number of hydrogen-bond donors (Lipinski definition) is 1. The van der Waals surface area contributed by atoms with Crippen molar-refractivity contribution in [3.8, 4) is 0 Å². The zero-order valence-electron chi connectivity index (χ0n) is 14.5. The summed E-state index contributed by atoms with van der Waals surface area (Å²) in [7, 11) is -3.60. The summed E-state index contributed by atoms with van der Waals surface area (Å²) in [6.45, 7) is 1.43. The van der Waals surface area contributed by atoms with Crippen molar-refractivity contribution in [3.63, 3.8) is 0 Å². The van der Waals surface area contributed by atoms with Crippen LogP contribution in [0.1, 0.15) is 5.56 Å². The topological polar surface area (TPSA) is 75.7 Å². The molecule has 142 valence electrons. The van der Waals surface area contributed by atoms with Crippen LogP contribution in [-0.2, 0) is 19.6 Å². The maximum Gasteiger partial charge on any atom is 0.248 e. The van der Waals surface area contributed by atoms with E-state index in [2.05, 4.69) is 21.2 Å². The molecule has 0 unspecified atom stereocenters. The van der Waals surface area contributed by atoms with Crippen LogP contribution in [0.25, 0.3) is 6.08 Å². The zero-order chi connectivity index (χ0) is 19.3. The molecule has 1 aliphatic heterocycles. The van der Waals surface area contributed by atoms with Gasteiger partial charge < -0.3 is 10.1 Å². The molecule has 3 rings (SSSR count). The van der Waals surface area contributed by atoms with Crippen molar-refractivity contribution in [2.45, 2.75) is 4.90 Å². The van der Waals surface area contributed by atoms with E-state index in [1.165, 1.54) is 22.5 Å². The van der Waals surface area contributed by atoms with Gasteiger partial charge in [-0.05, 0) is 42.0 Å². The Morgan fingerprint density at radius 2 is 1.85 bits per heavy atom. The van der Waals surface area contributed by atoms with E-state index in [4.69, 9.17) is 4.74 Å². The van der Waals surface area contributed by atoms with Crippen LogP contribution < -0.4 is 5.32 Å². The third-order valence-electron chi connectivity index (χ3n) is 3.99. The molecule has 1 aliphatic rings. The second kappa shape index (κ2) is 8.79. The van der Waals surface area contributed by atoms with E-state index in [9.17, 15) is 13.2 Å². The number of anilines is 1. The van der Waals surface area contributed by atoms with Crippen molar-refractivity contribution in [1.29, 1.82) is 0 Å². The van der Waals surface area contributed by atoms with Gasteiger partial charge in [-0.1, -0.05) is 34.1 Å². The van der Waals surface area contributed by atoms with Crippen molar-refractivity contribution < 1.29 is 17.9 Å². The van der Waals surface area contributed by atoms with Gasteiger partial charge in [0.25, 0.3) is 0 Å². The highest BCUT2D eigenvalue weighted by atomic mass is 79.9. The number of nitrogens with one attached hydrogen (secondary N) is 1. The highest BCUT2D eigenvalue weighted by molar-refractivity contribution is 9.10. The number of morpholine rings is 1. The molecular weight excluding hydrogens is 432 g/mol. The molecule has 1 fully saturated rings. The number of amides is 1. The fourth-order valence-electron chi connectivity index (χ4n) is 2.64. The van der Waals surface area contributed by atoms with E-state index in [1.807, 2.05) is 24.3 Å². The fraction of sp³-hybridized carbons (Fsp3) is 0.211. The molecule has 2 aromatic rings. The largest absolute Gasteiger partial charge is 0.379 e. The van der Waals surface area contributed by atoms with Crippen LogP contribution in [-0.4, -0.2) is 44.9 Å². The Balaban J connectivity index is 1.71. The van der Waals surface area contributed by atoms with Crippen LogP contribution in [0.4, 0.5) is 5.69 Å². The van der Waals surface area contributed by atoms with Crippen molar-refractivity contribution >= 4 is 43.6 Å². The van der Waals surface area contributed by atoms with Gasteiger partial charge in [0, 0.05) is 29.3 Å². The highest BCUT2D eigenvalue weighted by Gasteiger charge is 2.26. The molecule has 8 heteroatoms. The molecule has 0 aliphatic carbocycles. The highest BCUT2D eigenvalue weighted by Crippen LogP contribution is 2.20. The predicted molar refractivity (Wildman–Crippen MR) is 108 cm³/mol. The van der Waals surface area contributed by atoms with E-state index in [0.29, 0.717) is 32.0 Å². The smallest absolute Gasteiger partial charge is 0.248 e. The second-order valence-corrected chi connectivity index (χ2v) is 8.78. The number of rotatable bonds is 5. The first-order valence-corrected chi connectivity index (χ1v) is 10.6. The van der Waals surface area contributed by atoms with Crippen LogP contribution in [0.2, 0.25) is 0 Å². The molecule has 6 nitrogen and oxygen atoms in total. The van der Waals surface area contributed by atoms with Crippen molar-refractivity contribution in [2.75, 3.05) is 31.6 Å². The summed E-state index contributed by atoms with van der Waals surface area (Å²) in [5.74, 6) is -0.337. The molecular formula is C19H19BrN2O4S. The van der Waals surface area contributed by atoms with E-state index in [0.717, 1.165) is 10.0 Å². The Kier molecular flexibility index (Phi) is 6.43. The first kappa shape index (κ1) is 19.8. The molecule has 1 saturated heterocycles. The quantitative estimate of drug-likeness (QED) is 0.709. The number of ether oxygens (including phenoxy) is 1. The minimum atomic E-state index is -3.60. The SMILES string of the molecule is O=C(/C=C/c1cccc(Br)c1)Nc1cccc(S(=O)(=O)N2CCOCC2)c1. The molecule has 0 spiro atoms. The minimum absolute atomic E-state index is 0.151. The van der Waals surface area contributed by atoms with Gasteiger partial charge in [0.15, 0.2) is 0 Å². The average molecular weight is 451 g/mol. The maximum atomic E-state index is 12.7. The van der Waals surface area contributed by atoms with Gasteiger partial charge in [0.05, 0.1) is 18.1 Å². The van der Waals surface area contributed by atoms with Gasteiger partial charge in [-0.15, -0.1) is 0 Å². The first-order valence-electron chi connectivity index (χ1n) is 8.38. The summed E-state index contributed by atoms with van der Waals surface area (Å²) < 4.78 is 32.9. The van der Waals surface area contributed by atoms with E-state index >= 15 is 0 Å². The monoisotopic (exact) mass is 450 g/mol. The number of sulfonamides is 1. The van der Waals surface area contributed by atoms with Crippen LogP contribution in [0.3, 0.4) is 0 Å². The maximum absolute atomic E-state index is 12.7. The molecule has 1 N–H and O–H groups in total. The Morgan fingerprint density at radius 1 is 1.11 bits per heavy atom. The number of nitrogens with zero attached hydrogens (tertiary/aromatic N) is 1. The molecule has 1 amide bonds. The normalized spacial score (nSPS) is 15.7. The summed E-state index contributed by atoms with van der Waals surface area (Å²) in [5, 5.41) is 2.70. The lowest BCUT2D eigenvalue weighted by Gasteiger charge is -2.26. The van der Waals surface area contributed by atoms with Crippen molar-refractivity contribution in [2.24, 2.45) is 0 Å². The lowest BCUT2D eigenvalue weighted by molar-refractivity contribution is -0.111. The van der Waals surface area contributed by atoms with Gasteiger partial charge in [-0.2, -0.15) is 4.31 Å². The van der Waals surface area contributed by atoms with Crippen molar-refractivity contribution in [1.82, 2.24) is 4.31 Å². The molecule has 0 radical (unpaired) electrons. The summed E-state index contributed by atoms with van der Waals surface area (Å²) in [5.41, 5.74) is 1.30. The third kappa shape index (κ3) is 5.26. The predicted octanol–water partition coefficient (Wildman–Crippen LogP) is 3.12. The standard InChI is InChI=1S/C19H19BrN2O4S/c20-16-4-1-3-15(13-16)7-8-19(23)21-17-5-2-6-18(14-17)27(24,25)22-9-11-26-12-10-22/h1-8,13-14H,9-12H2,(H,21,23)/b8-7+. The number of carbonyl (C=O) groups excluding carboxylic acids is 1. The van der Waals surface area contributed by atoms with Crippen LogP contribution in [0, 0.1) is 0 Å². The lowest BCUT2D eigenvalue weighted by atomic mass is 10.2. The van der Waals surface area contributed by atoms with Gasteiger partial charge in [0.1, 0.15) is 0 Å². The third-order valence-corrected chi connectivity index (χ3v) is 6.37. The molecule has 27 heavy (non-hydrogen) atoms. The molecule has 2 aromatic carbocycles. The number of hydrogen-bond acceptors (Lipinski definition) is 4. The molecule has 0 atom stereocenters. The summed E-state index contributed by atoms with van der Waals surface area (Å²) in [6, 6.07) is 13.8. The van der Waals surface area contributed by atoms with E-state index in [-0.39, 0.29) is 10.8 Å². The Labute approximate surface area is 167 Å². The Hall–Kier alpha value is -2.00. The second-order valence-electron chi connectivity index (χ2n) is 5.92. The lowest BCUT2D eigenvalue weighted by Crippen LogP contribution is -2.40. The summed E-state index contributed by atoms with van der Waals surface area (Å²) in [6.07, 6.45) is 3.10. The first-order chi connectivity index (χ1) is 12.9.